The summed E-state index contributed by atoms with van der Waals surface area (Å²) in [6.07, 6.45) is 1.89. The highest BCUT2D eigenvalue weighted by Crippen LogP contribution is 2.35. The smallest absolute Gasteiger partial charge is 0.146 e. The number of hydrogen-bond donors (Lipinski definition) is 1. The van der Waals surface area contributed by atoms with Crippen molar-refractivity contribution in [1.82, 2.24) is 0 Å². The van der Waals surface area contributed by atoms with E-state index < -0.39 is 11.6 Å². The summed E-state index contributed by atoms with van der Waals surface area (Å²) in [5, 5.41) is 3.12. The molecule has 0 fully saturated rings. The Morgan fingerprint density at radius 2 is 1.95 bits per heavy atom. The Morgan fingerprint density at radius 1 is 1.11 bits per heavy atom. The van der Waals surface area contributed by atoms with Gasteiger partial charge in [-0.15, -0.1) is 0 Å². The third-order valence-electron chi connectivity index (χ3n) is 3.64. The van der Waals surface area contributed by atoms with Crippen LogP contribution in [0.2, 0.25) is 0 Å². The van der Waals surface area contributed by atoms with Gasteiger partial charge in [0.15, 0.2) is 0 Å². The van der Waals surface area contributed by atoms with Crippen LogP contribution in [0.4, 0.5) is 14.5 Å². The van der Waals surface area contributed by atoms with Crippen molar-refractivity contribution >= 4 is 5.69 Å². The lowest BCUT2D eigenvalue weighted by Gasteiger charge is -2.16. The molecule has 0 saturated carbocycles. The lowest BCUT2D eigenvalue weighted by atomic mass is 10.0. The largest absolute Gasteiger partial charge is 0.376 e. The first-order valence-corrected chi connectivity index (χ1v) is 6.44. The third-order valence-corrected chi connectivity index (χ3v) is 3.64. The Bertz CT molecular complexity index is 622. The van der Waals surface area contributed by atoms with E-state index in [1.807, 2.05) is 6.92 Å². The molecule has 3 rings (SSSR count). The summed E-state index contributed by atoms with van der Waals surface area (Å²) in [6.45, 7) is 2.04. The van der Waals surface area contributed by atoms with Crippen molar-refractivity contribution in [3.05, 3.63) is 64.7 Å². The van der Waals surface area contributed by atoms with E-state index in [0.29, 0.717) is 0 Å². The molecule has 1 N–H and O–H groups in total. The van der Waals surface area contributed by atoms with Crippen molar-refractivity contribution in [3.63, 3.8) is 0 Å². The summed E-state index contributed by atoms with van der Waals surface area (Å²) in [4.78, 5) is 0. The fourth-order valence-corrected chi connectivity index (χ4v) is 2.67. The van der Waals surface area contributed by atoms with Crippen LogP contribution in [0, 0.1) is 18.6 Å². The van der Waals surface area contributed by atoms with Crippen molar-refractivity contribution in [3.8, 4) is 0 Å². The van der Waals surface area contributed by atoms with Crippen molar-refractivity contribution in [1.29, 1.82) is 0 Å². The van der Waals surface area contributed by atoms with E-state index >= 15 is 0 Å². The number of halogens is 2. The average molecular weight is 259 g/mol. The predicted octanol–water partition coefficient (Wildman–Crippen LogP) is 4.37. The lowest BCUT2D eigenvalue weighted by molar-refractivity contribution is 0.599. The second-order valence-corrected chi connectivity index (χ2v) is 5.06. The van der Waals surface area contributed by atoms with Crippen LogP contribution in [0.15, 0.2) is 36.4 Å². The van der Waals surface area contributed by atoms with Crippen LogP contribution in [0.3, 0.4) is 0 Å². The minimum atomic E-state index is -0.425. The van der Waals surface area contributed by atoms with Gasteiger partial charge in [0.1, 0.15) is 11.6 Å². The molecule has 0 bridgehead atoms. The van der Waals surface area contributed by atoms with E-state index in [0.717, 1.165) is 25.0 Å². The van der Waals surface area contributed by atoms with Gasteiger partial charge in [0, 0.05) is 0 Å². The van der Waals surface area contributed by atoms with Crippen molar-refractivity contribution in [2.45, 2.75) is 25.8 Å². The highest BCUT2D eigenvalue weighted by molar-refractivity contribution is 5.50. The molecule has 0 aliphatic heterocycles. The summed E-state index contributed by atoms with van der Waals surface area (Å²) in [5.41, 5.74) is 3.91. The fraction of sp³-hybridized carbons (Fsp3) is 0.250. The zero-order valence-electron chi connectivity index (χ0n) is 10.7. The first kappa shape index (κ1) is 12.2. The molecule has 0 heterocycles. The van der Waals surface area contributed by atoms with Crippen LogP contribution < -0.4 is 5.32 Å². The maximum Gasteiger partial charge on any atom is 0.146 e. The molecule has 0 amide bonds. The van der Waals surface area contributed by atoms with Crippen LogP contribution in [0.25, 0.3) is 0 Å². The molecular formula is C16H15F2N. The van der Waals surface area contributed by atoms with Crippen molar-refractivity contribution in [2.75, 3.05) is 5.32 Å². The second kappa shape index (κ2) is 4.65. The Balaban J connectivity index is 1.90. The molecule has 1 atom stereocenters. The number of benzene rings is 2. The normalized spacial score (nSPS) is 17.3. The van der Waals surface area contributed by atoms with Gasteiger partial charge >= 0.3 is 0 Å². The predicted molar refractivity (Wildman–Crippen MR) is 72.2 cm³/mol. The Labute approximate surface area is 111 Å². The maximum atomic E-state index is 13.6. The molecule has 1 unspecified atom stereocenters. The number of fused-ring (bicyclic) bond motifs is 1. The summed E-state index contributed by atoms with van der Waals surface area (Å²) in [6, 6.07) is 9.89. The Kier molecular flexibility index (Phi) is 2.97. The summed E-state index contributed by atoms with van der Waals surface area (Å²) >= 11 is 0. The summed E-state index contributed by atoms with van der Waals surface area (Å²) in [7, 11) is 0. The highest BCUT2D eigenvalue weighted by Gasteiger charge is 2.23. The minimum absolute atomic E-state index is 0.0613. The van der Waals surface area contributed by atoms with Crippen LogP contribution in [0.1, 0.15) is 29.2 Å². The van der Waals surface area contributed by atoms with E-state index in [2.05, 4.69) is 23.5 Å². The van der Waals surface area contributed by atoms with Crippen LogP contribution >= 0.6 is 0 Å². The standard InChI is InChI=1S/C16H15F2N/c1-10-2-3-11-4-7-15(13(11)8-10)19-16-9-12(17)5-6-14(16)18/h2-3,5-6,8-9,15,19H,4,7H2,1H3. The number of aryl methyl sites for hydroxylation is 2. The Hall–Kier alpha value is -1.90. The van der Waals surface area contributed by atoms with Gasteiger partial charge in [0.25, 0.3) is 0 Å². The van der Waals surface area contributed by atoms with Gasteiger partial charge in [-0.3, -0.25) is 0 Å². The lowest BCUT2D eigenvalue weighted by Crippen LogP contribution is -2.09. The van der Waals surface area contributed by atoms with Gasteiger partial charge < -0.3 is 5.32 Å². The molecule has 0 aromatic heterocycles. The fourth-order valence-electron chi connectivity index (χ4n) is 2.67. The van der Waals surface area contributed by atoms with Crippen LogP contribution in [-0.2, 0) is 6.42 Å². The SMILES string of the molecule is Cc1ccc2c(c1)C(Nc1cc(F)ccc1F)CC2. The van der Waals surface area contributed by atoms with Crippen LogP contribution in [-0.4, -0.2) is 0 Å². The number of hydrogen-bond acceptors (Lipinski definition) is 1. The first-order valence-electron chi connectivity index (χ1n) is 6.44. The molecule has 1 aliphatic rings. The molecule has 2 aromatic rings. The third kappa shape index (κ3) is 2.33. The molecule has 1 aliphatic carbocycles. The average Bonchev–Trinajstić information content (AvgIpc) is 2.77. The van der Waals surface area contributed by atoms with Gasteiger partial charge in [-0.1, -0.05) is 23.8 Å². The first-order chi connectivity index (χ1) is 9.13. The molecule has 2 aromatic carbocycles. The van der Waals surface area contributed by atoms with Gasteiger partial charge in [-0.2, -0.15) is 0 Å². The zero-order chi connectivity index (χ0) is 13.4. The van der Waals surface area contributed by atoms with Gasteiger partial charge in [0.2, 0.25) is 0 Å². The van der Waals surface area contributed by atoms with Gasteiger partial charge in [-0.25, -0.2) is 8.78 Å². The molecule has 1 nitrogen and oxygen atoms in total. The van der Waals surface area contributed by atoms with E-state index in [4.69, 9.17) is 0 Å². The highest BCUT2D eigenvalue weighted by atomic mass is 19.1. The minimum Gasteiger partial charge on any atom is -0.376 e. The number of rotatable bonds is 2. The van der Waals surface area contributed by atoms with Crippen LogP contribution in [0.5, 0.6) is 0 Å². The number of nitrogens with one attached hydrogen (secondary N) is 1. The molecule has 3 heteroatoms. The van der Waals surface area contributed by atoms with E-state index in [-0.39, 0.29) is 11.7 Å². The number of anilines is 1. The topological polar surface area (TPSA) is 12.0 Å². The van der Waals surface area contributed by atoms with Crippen molar-refractivity contribution < 1.29 is 8.78 Å². The molecule has 0 radical (unpaired) electrons. The molecule has 0 saturated heterocycles. The van der Waals surface area contributed by atoms with Gasteiger partial charge in [0.05, 0.1) is 11.7 Å². The van der Waals surface area contributed by atoms with Crippen molar-refractivity contribution in [2.24, 2.45) is 0 Å². The van der Waals surface area contributed by atoms with E-state index in [1.165, 1.54) is 22.8 Å². The quantitative estimate of drug-likeness (QED) is 0.844. The molecular weight excluding hydrogens is 244 g/mol. The molecule has 0 spiro atoms. The Morgan fingerprint density at radius 3 is 2.79 bits per heavy atom. The zero-order valence-corrected chi connectivity index (χ0v) is 10.7. The van der Waals surface area contributed by atoms with E-state index in [1.54, 1.807) is 0 Å². The van der Waals surface area contributed by atoms with Gasteiger partial charge in [-0.05, 0) is 49.1 Å². The summed E-state index contributed by atoms with van der Waals surface area (Å²) in [5.74, 6) is -0.839. The maximum absolute atomic E-state index is 13.6. The second-order valence-electron chi connectivity index (χ2n) is 5.06. The summed E-state index contributed by atoms with van der Waals surface area (Å²) < 4.78 is 26.8. The van der Waals surface area contributed by atoms with E-state index in [9.17, 15) is 8.78 Å². The molecule has 98 valence electrons. The molecule has 19 heavy (non-hydrogen) atoms. The monoisotopic (exact) mass is 259 g/mol.